The van der Waals surface area contributed by atoms with Crippen LogP contribution in [0.4, 0.5) is 5.82 Å². The van der Waals surface area contributed by atoms with Crippen molar-refractivity contribution in [3.63, 3.8) is 0 Å². The molecule has 6 nitrogen and oxygen atoms in total. The van der Waals surface area contributed by atoms with Gasteiger partial charge in [0.05, 0.1) is 29.2 Å². The Balaban J connectivity index is 0.00000228. The molecule has 4 aromatic rings. The summed E-state index contributed by atoms with van der Waals surface area (Å²) in [6.07, 6.45) is 5.69. The van der Waals surface area contributed by atoms with Crippen LogP contribution in [0, 0.1) is 5.41 Å². The minimum absolute atomic E-state index is 0. The van der Waals surface area contributed by atoms with Gasteiger partial charge in [0.1, 0.15) is 5.82 Å². The molecule has 2 aliphatic rings. The Bertz CT molecular complexity index is 1260. The van der Waals surface area contributed by atoms with Gasteiger partial charge in [-0.25, -0.2) is 4.98 Å². The van der Waals surface area contributed by atoms with Gasteiger partial charge in [0.15, 0.2) is 0 Å². The molecular weight excluding hydrogens is 398 g/mol. The van der Waals surface area contributed by atoms with Crippen molar-refractivity contribution in [3.05, 3.63) is 66.5 Å². The summed E-state index contributed by atoms with van der Waals surface area (Å²) in [6, 6.07) is 18.4. The van der Waals surface area contributed by atoms with Crippen LogP contribution in [0.15, 0.2) is 60.8 Å². The number of fused-ring (bicyclic) bond motifs is 2. The quantitative estimate of drug-likeness (QED) is 0.512. The zero-order valence-electron chi connectivity index (χ0n) is 18.1. The number of carbonyl (C=O) groups excluding carboxylic acids is 1. The van der Waals surface area contributed by atoms with Crippen molar-refractivity contribution >= 4 is 33.7 Å². The lowest BCUT2D eigenvalue weighted by Crippen LogP contribution is -2.53. The molecule has 164 valence electrons. The van der Waals surface area contributed by atoms with Crippen molar-refractivity contribution in [2.45, 2.75) is 32.2 Å². The van der Waals surface area contributed by atoms with E-state index in [0.29, 0.717) is 12.5 Å². The van der Waals surface area contributed by atoms with Gasteiger partial charge in [-0.05, 0) is 55.3 Å². The average Bonchev–Trinajstić information content (AvgIpc) is 3.25. The standard InChI is InChI=1S/C26H27N5O.H2/c32-25-26(10-5-13-31(25)18-20-16-19-6-1-2-7-21(19)28-20)11-14-30(15-12-26)24-17-27-22-8-3-4-9-23(22)29-24;/h1-4,6-9,16-17,28H,5,10-15,18H2;1H. The van der Waals surface area contributed by atoms with E-state index in [9.17, 15) is 4.79 Å². The Hall–Kier alpha value is -3.41. The third kappa shape index (κ3) is 3.30. The number of anilines is 1. The highest BCUT2D eigenvalue weighted by molar-refractivity contribution is 5.84. The smallest absolute Gasteiger partial charge is 0.229 e. The van der Waals surface area contributed by atoms with Crippen molar-refractivity contribution < 1.29 is 6.22 Å². The predicted octanol–water partition coefficient (Wildman–Crippen LogP) is 4.77. The van der Waals surface area contributed by atoms with Gasteiger partial charge in [0.2, 0.25) is 5.91 Å². The summed E-state index contributed by atoms with van der Waals surface area (Å²) < 4.78 is 0. The fourth-order valence-electron chi connectivity index (χ4n) is 5.45. The number of piperidine rings is 2. The number of nitrogens with zero attached hydrogens (tertiary/aromatic N) is 4. The van der Waals surface area contributed by atoms with E-state index in [2.05, 4.69) is 44.0 Å². The lowest BCUT2D eigenvalue weighted by Gasteiger charge is -2.46. The fraction of sp³-hybridized carbons (Fsp3) is 0.346. The first-order valence-corrected chi connectivity index (χ1v) is 11.5. The van der Waals surface area contributed by atoms with E-state index in [1.807, 2.05) is 36.5 Å². The maximum absolute atomic E-state index is 13.6. The number of benzene rings is 2. The number of amides is 1. The molecule has 2 fully saturated rings. The number of aromatic amines is 1. The number of nitrogens with one attached hydrogen (secondary N) is 1. The summed E-state index contributed by atoms with van der Waals surface area (Å²) >= 11 is 0. The first kappa shape index (κ1) is 19.3. The van der Waals surface area contributed by atoms with Crippen LogP contribution in [-0.4, -0.2) is 45.4 Å². The largest absolute Gasteiger partial charge is 0.357 e. The van der Waals surface area contributed by atoms with Gasteiger partial charge in [0.25, 0.3) is 0 Å². The molecular formula is C26H29N5O. The first-order valence-electron chi connectivity index (χ1n) is 11.5. The van der Waals surface area contributed by atoms with Crippen molar-refractivity contribution in [2.75, 3.05) is 24.5 Å². The lowest BCUT2D eigenvalue weighted by atomic mass is 9.71. The van der Waals surface area contributed by atoms with E-state index in [-0.39, 0.29) is 6.84 Å². The molecule has 2 saturated heterocycles. The molecule has 0 atom stereocenters. The molecule has 6 heteroatoms. The van der Waals surface area contributed by atoms with Gasteiger partial charge < -0.3 is 14.8 Å². The minimum atomic E-state index is -0.231. The molecule has 0 aliphatic carbocycles. The molecule has 1 amide bonds. The second kappa shape index (κ2) is 7.62. The molecule has 2 aromatic carbocycles. The number of likely N-dealkylation sites (tertiary alicyclic amines) is 1. The summed E-state index contributed by atoms with van der Waals surface area (Å²) in [5.41, 5.74) is 3.85. The van der Waals surface area contributed by atoms with Crippen LogP contribution in [0.1, 0.15) is 32.8 Å². The van der Waals surface area contributed by atoms with Crippen LogP contribution in [0.3, 0.4) is 0 Å². The zero-order valence-corrected chi connectivity index (χ0v) is 18.1. The topological polar surface area (TPSA) is 65.1 Å². The maximum Gasteiger partial charge on any atom is 0.229 e. The van der Waals surface area contributed by atoms with Crippen molar-refractivity contribution in [3.8, 4) is 0 Å². The Labute approximate surface area is 188 Å². The highest BCUT2D eigenvalue weighted by atomic mass is 16.2. The normalized spacial score (nSPS) is 18.7. The van der Waals surface area contributed by atoms with Crippen LogP contribution in [0.25, 0.3) is 21.9 Å². The van der Waals surface area contributed by atoms with E-state index < -0.39 is 0 Å². The number of hydrogen-bond acceptors (Lipinski definition) is 4. The lowest BCUT2D eigenvalue weighted by molar-refractivity contribution is -0.148. The highest BCUT2D eigenvalue weighted by Gasteiger charge is 2.45. The van der Waals surface area contributed by atoms with E-state index in [4.69, 9.17) is 4.98 Å². The number of rotatable bonds is 3. The zero-order chi connectivity index (χ0) is 21.5. The summed E-state index contributed by atoms with van der Waals surface area (Å²) in [5.74, 6) is 1.24. The molecule has 4 heterocycles. The molecule has 2 aliphatic heterocycles. The molecule has 1 N–H and O–H groups in total. The molecule has 0 unspecified atom stereocenters. The van der Waals surface area contributed by atoms with E-state index >= 15 is 0 Å². The first-order chi connectivity index (χ1) is 15.7. The van der Waals surface area contributed by atoms with Gasteiger partial charge in [-0.2, -0.15) is 0 Å². The minimum Gasteiger partial charge on any atom is -0.357 e. The molecule has 2 aromatic heterocycles. The van der Waals surface area contributed by atoms with Crippen LogP contribution in [0.5, 0.6) is 0 Å². The Morgan fingerprint density at radius 2 is 1.75 bits per heavy atom. The number of carbonyl (C=O) groups is 1. The summed E-state index contributed by atoms with van der Waals surface area (Å²) in [4.78, 5) is 30.8. The molecule has 0 radical (unpaired) electrons. The molecule has 6 rings (SSSR count). The number of hydrogen-bond donors (Lipinski definition) is 1. The Morgan fingerprint density at radius 3 is 2.59 bits per heavy atom. The van der Waals surface area contributed by atoms with Gasteiger partial charge in [0, 0.05) is 32.3 Å². The number of para-hydroxylation sites is 3. The molecule has 1 spiro atoms. The third-order valence-corrected chi connectivity index (χ3v) is 7.25. The second-order valence-corrected chi connectivity index (χ2v) is 9.20. The van der Waals surface area contributed by atoms with Crippen LogP contribution < -0.4 is 4.90 Å². The molecule has 32 heavy (non-hydrogen) atoms. The van der Waals surface area contributed by atoms with Crippen molar-refractivity contribution in [1.29, 1.82) is 0 Å². The van der Waals surface area contributed by atoms with E-state index in [1.165, 1.54) is 5.39 Å². The van der Waals surface area contributed by atoms with Gasteiger partial charge in [-0.15, -0.1) is 0 Å². The van der Waals surface area contributed by atoms with Gasteiger partial charge in [-0.3, -0.25) is 9.78 Å². The van der Waals surface area contributed by atoms with Crippen molar-refractivity contribution in [1.82, 2.24) is 19.9 Å². The van der Waals surface area contributed by atoms with Crippen LogP contribution in [-0.2, 0) is 11.3 Å². The second-order valence-electron chi connectivity index (χ2n) is 9.20. The predicted molar refractivity (Wildman–Crippen MR) is 128 cm³/mol. The fourth-order valence-corrected chi connectivity index (χ4v) is 5.45. The van der Waals surface area contributed by atoms with Crippen LogP contribution in [0.2, 0.25) is 0 Å². The van der Waals surface area contributed by atoms with Crippen LogP contribution >= 0.6 is 0 Å². The summed E-state index contributed by atoms with van der Waals surface area (Å²) in [6.45, 7) is 3.20. The average molecular weight is 428 g/mol. The number of aromatic nitrogens is 3. The van der Waals surface area contributed by atoms with E-state index in [1.54, 1.807) is 0 Å². The summed E-state index contributed by atoms with van der Waals surface area (Å²) in [5, 5.41) is 1.20. The van der Waals surface area contributed by atoms with E-state index in [0.717, 1.165) is 73.4 Å². The molecule has 0 saturated carbocycles. The van der Waals surface area contributed by atoms with Gasteiger partial charge in [-0.1, -0.05) is 30.3 Å². The Kier molecular flexibility index (Phi) is 4.59. The SMILES string of the molecule is O=C1N(Cc2cc3ccccc3[nH]2)CCCC12CCN(c1cnc3ccccc3n1)CC2.[HH]. The number of H-pyrrole nitrogens is 1. The summed E-state index contributed by atoms with van der Waals surface area (Å²) in [7, 11) is 0. The molecule has 0 bridgehead atoms. The van der Waals surface area contributed by atoms with Crippen molar-refractivity contribution in [2.24, 2.45) is 5.41 Å². The van der Waals surface area contributed by atoms with Gasteiger partial charge >= 0.3 is 0 Å². The third-order valence-electron chi connectivity index (χ3n) is 7.25. The maximum atomic E-state index is 13.6. The Morgan fingerprint density at radius 1 is 0.969 bits per heavy atom. The highest BCUT2D eigenvalue weighted by Crippen LogP contribution is 2.42. The monoisotopic (exact) mass is 427 g/mol.